The van der Waals surface area contributed by atoms with Gasteiger partial charge in [-0.25, -0.2) is 9.97 Å². The van der Waals surface area contributed by atoms with Crippen LogP contribution in [-0.2, 0) is 16.0 Å². The molecule has 1 amide bonds. The predicted octanol–water partition coefficient (Wildman–Crippen LogP) is 2.90. The zero-order chi connectivity index (χ0) is 29.4. The second-order valence-corrected chi connectivity index (χ2v) is 11.1. The molecule has 3 atom stereocenters. The lowest BCUT2D eigenvalue weighted by Crippen LogP contribution is -2.45. The first-order valence-electron chi connectivity index (χ1n) is 14.4. The van der Waals surface area contributed by atoms with Gasteiger partial charge in [-0.3, -0.25) is 14.5 Å². The SMILES string of the molecule is CCCCN(CCCN(C)C)C(=O)CN1C[C@H](c2cc(OC)c3c(c2)OCO3)[C@@H](C(=O)O)[C@@H]1CCc1ccncn1. The highest BCUT2D eigenvalue weighted by Crippen LogP contribution is 2.47. The summed E-state index contributed by atoms with van der Waals surface area (Å²) in [6, 6.07) is 5.18. The Balaban J connectivity index is 1.61. The molecule has 0 aliphatic carbocycles. The first-order valence-corrected chi connectivity index (χ1v) is 14.4. The molecule has 0 radical (unpaired) electrons. The van der Waals surface area contributed by atoms with Crippen molar-refractivity contribution in [3.8, 4) is 17.2 Å². The monoisotopic (exact) mass is 569 g/mol. The molecule has 0 bridgehead atoms. The highest BCUT2D eigenvalue weighted by molar-refractivity contribution is 5.79. The van der Waals surface area contributed by atoms with Crippen molar-refractivity contribution < 1.29 is 28.9 Å². The molecule has 0 spiro atoms. The number of methoxy groups -OCH3 is 1. The Hall–Kier alpha value is -3.44. The molecule has 2 aromatic rings. The zero-order valence-electron chi connectivity index (χ0n) is 24.6. The number of amides is 1. The largest absolute Gasteiger partial charge is 0.493 e. The molecule has 3 heterocycles. The van der Waals surface area contributed by atoms with Crippen LogP contribution >= 0.6 is 0 Å². The lowest BCUT2D eigenvalue weighted by Gasteiger charge is -2.30. The van der Waals surface area contributed by atoms with Gasteiger partial charge in [0.15, 0.2) is 11.5 Å². The number of rotatable bonds is 15. The standard InChI is InChI=1S/C30H43N5O6/c1-5-6-13-34(14-7-12-33(2)3)27(36)18-35-17-23(21-15-25(39-4)29-26(16-21)40-20-41-29)28(30(37)38)24(35)9-8-22-10-11-31-19-32-22/h10-11,15-16,19,23-24,28H,5-9,12-14,17-18,20H2,1-4H3,(H,37,38)/t23-,24+,28-/m1/s1. The molecular formula is C30H43N5O6. The van der Waals surface area contributed by atoms with Gasteiger partial charge in [0.2, 0.25) is 18.4 Å². The number of carboxylic acid groups (broad SMARTS) is 1. The summed E-state index contributed by atoms with van der Waals surface area (Å²) in [4.78, 5) is 41.1. The molecule has 1 N–H and O–H groups in total. The maximum absolute atomic E-state index is 13.7. The van der Waals surface area contributed by atoms with E-state index in [0.717, 1.165) is 37.1 Å². The van der Waals surface area contributed by atoms with Crippen LogP contribution in [0.4, 0.5) is 0 Å². The number of benzene rings is 1. The number of hydrogen-bond acceptors (Lipinski definition) is 9. The molecule has 11 nitrogen and oxygen atoms in total. The number of aliphatic carboxylic acids is 1. The van der Waals surface area contributed by atoms with Crippen LogP contribution in [0, 0.1) is 5.92 Å². The Labute approximate surface area is 242 Å². The average Bonchev–Trinajstić information content (AvgIpc) is 3.58. The normalized spacial score (nSPS) is 20.0. The Morgan fingerprint density at radius 3 is 2.66 bits per heavy atom. The van der Waals surface area contributed by atoms with E-state index >= 15 is 0 Å². The van der Waals surface area contributed by atoms with E-state index in [-0.39, 0.29) is 31.2 Å². The number of ether oxygens (including phenoxy) is 3. The zero-order valence-corrected chi connectivity index (χ0v) is 24.6. The van der Waals surface area contributed by atoms with E-state index in [4.69, 9.17) is 14.2 Å². The van der Waals surface area contributed by atoms with Crippen LogP contribution in [0.25, 0.3) is 0 Å². The fourth-order valence-electron chi connectivity index (χ4n) is 5.88. The molecule has 0 unspecified atom stereocenters. The van der Waals surface area contributed by atoms with E-state index < -0.39 is 11.9 Å². The molecular weight excluding hydrogens is 526 g/mol. The number of carboxylic acids is 1. The van der Waals surface area contributed by atoms with Crippen molar-refractivity contribution >= 4 is 11.9 Å². The fourth-order valence-corrected chi connectivity index (χ4v) is 5.88. The number of aromatic nitrogens is 2. The fraction of sp³-hybridized carbons (Fsp3) is 0.600. The van der Waals surface area contributed by atoms with E-state index in [2.05, 4.69) is 26.7 Å². The third kappa shape index (κ3) is 7.65. The van der Waals surface area contributed by atoms with Gasteiger partial charge in [-0.15, -0.1) is 0 Å². The minimum Gasteiger partial charge on any atom is -0.493 e. The topological polar surface area (TPSA) is 118 Å². The molecule has 1 fully saturated rings. The molecule has 1 aromatic carbocycles. The van der Waals surface area contributed by atoms with E-state index in [1.165, 1.54) is 6.33 Å². The van der Waals surface area contributed by atoms with E-state index in [1.54, 1.807) is 13.3 Å². The smallest absolute Gasteiger partial charge is 0.308 e. The summed E-state index contributed by atoms with van der Waals surface area (Å²) < 4.78 is 16.8. The van der Waals surface area contributed by atoms with Gasteiger partial charge in [0.05, 0.1) is 19.6 Å². The molecule has 224 valence electrons. The number of hydrogen-bond donors (Lipinski definition) is 1. The quantitative estimate of drug-likeness (QED) is 0.343. The Morgan fingerprint density at radius 2 is 1.98 bits per heavy atom. The van der Waals surface area contributed by atoms with Crippen LogP contribution in [0.3, 0.4) is 0 Å². The number of carbonyl (C=O) groups excluding carboxylic acids is 1. The van der Waals surface area contributed by atoms with Crippen LogP contribution in [0.1, 0.15) is 49.8 Å². The van der Waals surface area contributed by atoms with Gasteiger partial charge in [0, 0.05) is 43.5 Å². The van der Waals surface area contributed by atoms with Crippen LogP contribution in [0.15, 0.2) is 30.7 Å². The molecule has 2 aliphatic rings. The number of carbonyl (C=O) groups is 2. The average molecular weight is 570 g/mol. The molecule has 41 heavy (non-hydrogen) atoms. The van der Waals surface area contributed by atoms with Gasteiger partial charge in [0.1, 0.15) is 6.33 Å². The summed E-state index contributed by atoms with van der Waals surface area (Å²) in [5.74, 6) is -0.359. The highest BCUT2D eigenvalue weighted by Gasteiger charge is 2.47. The van der Waals surface area contributed by atoms with Crippen LogP contribution < -0.4 is 14.2 Å². The van der Waals surface area contributed by atoms with Gasteiger partial charge in [-0.1, -0.05) is 13.3 Å². The van der Waals surface area contributed by atoms with E-state index in [1.807, 2.05) is 37.2 Å². The number of likely N-dealkylation sites (tertiary alicyclic amines) is 1. The van der Waals surface area contributed by atoms with Gasteiger partial charge in [-0.05, 0) is 70.1 Å². The molecule has 4 rings (SSSR count). The van der Waals surface area contributed by atoms with Crippen molar-refractivity contribution in [1.82, 2.24) is 24.7 Å². The first kappa shape index (κ1) is 30.5. The number of nitrogens with zero attached hydrogens (tertiary/aromatic N) is 5. The second kappa shape index (κ2) is 14.5. The molecule has 1 saturated heterocycles. The lowest BCUT2D eigenvalue weighted by molar-refractivity contribution is -0.143. The summed E-state index contributed by atoms with van der Waals surface area (Å²) in [5, 5.41) is 10.5. The number of aryl methyl sites for hydroxylation is 1. The van der Waals surface area contributed by atoms with Crippen LogP contribution in [0.2, 0.25) is 0 Å². The molecule has 11 heteroatoms. The summed E-state index contributed by atoms with van der Waals surface area (Å²) in [7, 11) is 5.62. The molecule has 0 saturated carbocycles. The summed E-state index contributed by atoms with van der Waals surface area (Å²) in [6.45, 7) is 5.09. The first-order chi connectivity index (χ1) is 19.8. The van der Waals surface area contributed by atoms with Crippen LogP contribution in [0.5, 0.6) is 17.2 Å². The Bertz CT molecular complexity index is 1160. The minimum absolute atomic E-state index is 0.0392. The van der Waals surface area contributed by atoms with Gasteiger partial charge < -0.3 is 29.1 Å². The lowest BCUT2D eigenvalue weighted by atomic mass is 9.83. The summed E-state index contributed by atoms with van der Waals surface area (Å²) in [5.41, 5.74) is 1.64. The Morgan fingerprint density at radius 1 is 1.17 bits per heavy atom. The van der Waals surface area contributed by atoms with Crippen LogP contribution in [-0.4, -0.2) is 108 Å². The molecule has 1 aromatic heterocycles. The van der Waals surface area contributed by atoms with Crippen molar-refractivity contribution in [1.29, 1.82) is 0 Å². The van der Waals surface area contributed by atoms with Gasteiger partial charge in [0.25, 0.3) is 0 Å². The van der Waals surface area contributed by atoms with Crippen molar-refractivity contribution in [2.45, 2.75) is 51.0 Å². The predicted molar refractivity (Wildman–Crippen MR) is 153 cm³/mol. The summed E-state index contributed by atoms with van der Waals surface area (Å²) >= 11 is 0. The maximum atomic E-state index is 13.7. The van der Waals surface area contributed by atoms with Crippen molar-refractivity contribution in [3.63, 3.8) is 0 Å². The number of unbranched alkanes of at least 4 members (excludes halogenated alkanes) is 1. The maximum Gasteiger partial charge on any atom is 0.308 e. The van der Waals surface area contributed by atoms with Crippen molar-refractivity contribution in [3.05, 3.63) is 42.0 Å². The van der Waals surface area contributed by atoms with Crippen molar-refractivity contribution in [2.75, 3.05) is 60.7 Å². The Kier molecular flexibility index (Phi) is 10.8. The van der Waals surface area contributed by atoms with E-state index in [9.17, 15) is 14.7 Å². The minimum atomic E-state index is -0.886. The third-order valence-corrected chi connectivity index (χ3v) is 7.99. The highest BCUT2D eigenvalue weighted by atomic mass is 16.7. The van der Waals surface area contributed by atoms with Gasteiger partial charge in [-0.2, -0.15) is 0 Å². The van der Waals surface area contributed by atoms with Crippen molar-refractivity contribution in [2.24, 2.45) is 5.92 Å². The third-order valence-electron chi connectivity index (χ3n) is 7.99. The second-order valence-electron chi connectivity index (χ2n) is 11.1. The van der Waals surface area contributed by atoms with E-state index in [0.29, 0.717) is 49.7 Å². The summed E-state index contributed by atoms with van der Waals surface area (Å²) in [6.07, 6.45) is 7.14. The number of fused-ring (bicyclic) bond motifs is 1. The molecule has 2 aliphatic heterocycles. The van der Waals surface area contributed by atoms with Gasteiger partial charge >= 0.3 is 5.97 Å².